The molecule has 5 heteroatoms. The molecule has 5 nitrogen and oxygen atoms in total. The number of likely N-dealkylation sites (tertiary alicyclic amines) is 1. The van der Waals surface area contributed by atoms with Crippen LogP contribution in [0.1, 0.15) is 36.0 Å². The van der Waals surface area contributed by atoms with E-state index in [-0.39, 0.29) is 19.1 Å². The number of carbonyl (C=O) groups excluding carboxylic acids is 1. The fourth-order valence-electron chi connectivity index (χ4n) is 2.56. The van der Waals surface area contributed by atoms with Crippen LogP contribution in [0.2, 0.25) is 0 Å². The van der Waals surface area contributed by atoms with Gasteiger partial charge in [-0.2, -0.15) is 0 Å². The molecule has 1 saturated heterocycles. The average molecular weight is 292 g/mol. The van der Waals surface area contributed by atoms with Crippen molar-refractivity contribution in [1.29, 1.82) is 0 Å². The molecular formula is C16H24N2O3. The molecule has 1 aromatic carbocycles. The number of amides is 1. The second kappa shape index (κ2) is 8.00. The lowest BCUT2D eigenvalue weighted by atomic mass is 10.1. The molecular weight excluding hydrogens is 268 g/mol. The Hall–Kier alpha value is -1.59. The van der Waals surface area contributed by atoms with Gasteiger partial charge in [-0.3, -0.25) is 4.79 Å². The lowest BCUT2D eigenvalue weighted by Crippen LogP contribution is -2.32. The summed E-state index contributed by atoms with van der Waals surface area (Å²) in [6, 6.07) is 7.33. The third kappa shape index (κ3) is 4.44. The number of aliphatic hydroxyl groups excluding tert-OH is 2. The number of benzene rings is 1. The molecule has 0 bridgehead atoms. The topological polar surface area (TPSA) is 72.8 Å². The summed E-state index contributed by atoms with van der Waals surface area (Å²) in [7, 11) is 0. The predicted molar refractivity (Wildman–Crippen MR) is 82.4 cm³/mol. The van der Waals surface area contributed by atoms with Gasteiger partial charge in [-0.1, -0.05) is 25.0 Å². The van der Waals surface area contributed by atoms with Gasteiger partial charge in [-0.25, -0.2) is 0 Å². The van der Waals surface area contributed by atoms with Crippen LogP contribution < -0.4 is 5.32 Å². The van der Waals surface area contributed by atoms with Crippen molar-refractivity contribution in [3.05, 3.63) is 29.8 Å². The van der Waals surface area contributed by atoms with Gasteiger partial charge >= 0.3 is 0 Å². The monoisotopic (exact) mass is 292 g/mol. The Morgan fingerprint density at radius 1 is 1.19 bits per heavy atom. The van der Waals surface area contributed by atoms with Crippen LogP contribution in [-0.2, 0) is 0 Å². The van der Waals surface area contributed by atoms with Gasteiger partial charge in [0, 0.05) is 25.3 Å². The number of hydrogen-bond acceptors (Lipinski definition) is 4. The molecule has 21 heavy (non-hydrogen) atoms. The normalized spacial score (nSPS) is 17.1. The molecule has 0 saturated carbocycles. The van der Waals surface area contributed by atoms with Gasteiger partial charge in [0.15, 0.2) is 0 Å². The van der Waals surface area contributed by atoms with E-state index in [0.717, 1.165) is 25.9 Å². The number of nitrogens with one attached hydrogen (secondary N) is 1. The molecule has 3 N–H and O–H groups in total. The predicted octanol–water partition coefficient (Wildman–Crippen LogP) is 1.47. The lowest BCUT2D eigenvalue weighted by Gasteiger charge is -2.22. The van der Waals surface area contributed by atoms with Gasteiger partial charge in [-0.05, 0) is 25.0 Å². The standard InChI is InChI=1S/C16H24N2O3/c19-12-13(20)11-17-15-8-4-3-7-14(15)16(21)18-9-5-1-2-6-10-18/h3-4,7-8,13,17,19-20H,1-2,5-6,9-12H2. The minimum Gasteiger partial charge on any atom is -0.394 e. The first-order chi connectivity index (χ1) is 10.2. The Labute approximate surface area is 125 Å². The highest BCUT2D eigenvalue weighted by Gasteiger charge is 2.19. The summed E-state index contributed by atoms with van der Waals surface area (Å²) in [5.74, 6) is 0.0403. The summed E-state index contributed by atoms with van der Waals surface area (Å²) in [6.07, 6.45) is 3.67. The summed E-state index contributed by atoms with van der Waals surface area (Å²) < 4.78 is 0. The molecule has 116 valence electrons. The van der Waals surface area contributed by atoms with Gasteiger partial charge in [0.2, 0.25) is 0 Å². The maximum atomic E-state index is 12.7. The van der Waals surface area contributed by atoms with Crippen LogP contribution in [0.5, 0.6) is 0 Å². The summed E-state index contributed by atoms with van der Waals surface area (Å²) in [5.41, 5.74) is 1.34. The van der Waals surface area contributed by atoms with E-state index in [1.54, 1.807) is 6.07 Å². The maximum Gasteiger partial charge on any atom is 0.255 e. The zero-order chi connectivity index (χ0) is 15.1. The Kier molecular flexibility index (Phi) is 6.02. The van der Waals surface area contributed by atoms with Crippen molar-refractivity contribution in [2.75, 3.05) is 31.6 Å². The van der Waals surface area contributed by atoms with Crippen molar-refractivity contribution < 1.29 is 15.0 Å². The number of anilines is 1. The highest BCUT2D eigenvalue weighted by molar-refractivity contribution is 5.99. The molecule has 1 atom stereocenters. The van der Waals surface area contributed by atoms with Gasteiger partial charge in [-0.15, -0.1) is 0 Å². The average Bonchev–Trinajstić information content (AvgIpc) is 2.81. The number of nitrogens with zero attached hydrogens (tertiary/aromatic N) is 1. The fourth-order valence-corrected chi connectivity index (χ4v) is 2.56. The lowest BCUT2D eigenvalue weighted by molar-refractivity contribution is 0.0762. The van der Waals surface area contributed by atoms with Crippen LogP contribution in [0.25, 0.3) is 0 Å². The van der Waals surface area contributed by atoms with E-state index in [4.69, 9.17) is 5.11 Å². The minimum absolute atomic E-state index is 0.0403. The van der Waals surface area contributed by atoms with E-state index in [0.29, 0.717) is 11.3 Å². The van der Waals surface area contributed by atoms with Gasteiger partial charge in [0.1, 0.15) is 0 Å². The van der Waals surface area contributed by atoms with Gasteiger partial charge in [0.05, 0.1) is 18.3 Å². The number of rotatable bonds is 5. The second-order valence-electron chi connectivity index (χ2n) is 5.47. The molecule has 0 aliphatic carbocycles. The van der Waals surface area contributed by atoms with E-state index < -0.39 is 6.10 Å². The van der Waals surface area contributed by atoms with E-state index in [1.165, 1.54) is 12.8 Å². The van der Waals surface area contributed by atoms with Crippen LogP contribution in [0.4, 0.5) is 5.69 Å². The van der Waals surface area contributed by atoms with Gasteiger partial charge in [0.25, 0.3) is 5.91 Å². The zero-order valence-electron chi connectivity index (χ0n) is 12.3. The van der Waals surface area contributed by atoms with Crippen molar-refractivity contribution >= 4 is 11.6 Å². The zero-order valence-corrected chi connectivity index (χ0v) is 12.3. The Balaban J connectivity index is 2.08. The first-order valence-electron chi connectivity index (χ1n) is 7.63. The molecule has 1 fully saturated rings. The number of carbonyl (C=O) groups is 1. The second-order valence-corrected chi connectivity index (χ2v) is 5.47. The number of hydrogen-bond donors (Lipinski definition) is 3. The Morgan fingerprint density at radius 2 is 1.86 bits per heavy atom. The summed E-state index contributed by atoms with van der Waals surface area (Å²) in [4.78, 5) is 14.6. The van der Waals surface area contributed by atoms with Crippen LogP contribution in [0.15, 0.2) is 24.3 Å². The van der Waals surface area contributed by atoms with E-state index in [9.17, 15) is 9.90 Å². The van der Waals surface area contributed by atoms with E-state index in [2.05, 4.69) is 5.32 Å². The highest BCUT2D eigenvalue weighted by atomic mass is 16.3. The van der Waals surface area contributed by atoms with Crippen LogP contribution >= 0.6 is 0 Å². The van der Waals surface area contributed by atoms with Crippen LogP contribution in [0.3, 0.4) is 0 Å². The Morgan fingerprint density at radius 3 is 2.52 bits per heavy atom. The third-order valence-corrected chi connectivity index (χ3v) is 3.79. The SMILES string of the molecule is O=C(c1ccccc1NCC(O)CO)N1CCCCCC1. The van der Waals surface area contributed by atoms with E-state index >= 15 is 0 Å². The smallest absolute Gasteiger partial charge is 0.255 e. The quantitative estimate of drug-likeness (QED) is 0.768. The summed E-state index contributed by atoms with van der Waals surface area (Å²) in [6.45, 7) is 1.55. The molecule has 1 heterocycles. The summed E-state index contributed by atoms with van der Waals surface area (Å²) in [5, 5.41) is 21.3. The number of aliphatic hydroxyl groups is 2. The van der Waals surface area contributed by atoms with Crippen LogP contribution in [0, 0.1) is 0 Å². The molecule has 1 aliphatic rings. The maximum absolute atomic E-state index is 12.7. The van der Waals surface area contributed by atoms with Crippen LogP contribution in [-0.4, -0.2) is 53.4 Å². The first kappa shape index (κ1) is 15.8. The minimum atomic E-state index is -0.827. The molecule has 1 unspecified atom stereocenters. The molecule has 1 aromatic rings. The Bertz CT molecular complexity index is 457. The van der Waals surface area contributed by atoms with Crippen molar-refractivity contribution in [1.82, 2.24) is 4.90 Å². The molecule has 1 amide bonds. The molecule has 0 spiro atoms. The van der Waals surface area contributed by atoms with Crippen molar-refractivity contribution in [2.24, 2.45) is 0 Å². The van der Waals surface area contributed by atoms with Gasteiger partial charge < -0.3 is 20.4 Å². The van der Waals surface area contributed by atoms with E-state index in [1.807, 2.05) is 23.1 Å². The highest BCUT2D eigenvalue weighted by Crippen LogP contribution is 2.19. The molecule has 2 rings (SSSR count). The molecule has 0 aromatic heterocycles. The largest absolute Gasteiger partial charge is 0.394 e. The van der Waals surface area contributed by atoms with Crippen molar-refractivity contribution in [2.45, 2.75) is 31.8 Å². The summed E-state index contributed by atoms with van der Waals surface area (Å²) >= 11 is 0. The third-order valence-electron chi connectivity index (χ3n) is 3.79. The van der Waals surface area contributed by atoms with Crippen molar-refractivity contribution in [3.63, 3.8) is 0 Å². The van der Waals surface area contributed by atoms with Crippen molar-refractivity contribution in [3.8, 4) is 0 Å². The number of para-hydroxylation sites is 1. The molecule has 1 aliphatic heterocycles. The first-order valence-corrected chi connectivity index (χ1v) is 7.63. The molecule has 0 radical (unpaired) electrons. The fraction of sp³-hybridized carbons (Fsp3) is 0.562.